The Morgan fingerprint density at radius 2 is 1.72 bits per heavy atom. The van der Waals surface area contributed by atoms with Crippen LogP contribution in [0.3, 0.4) is 0 Å². The summed E-state index contributed by atoms with van der Waals surface area (Å²) in [5.41, 5.74) is 0.946. The Morgan fingerprint density at radius 3 is 2.44 bits per heavy atom. The summed E-state index contributed by atoms with van der Waals surface area (Å²) < 4.78 is 13.4. The molecule has 0 spiro atoms. The van der Waals surface area contributed by atoms with Gasteiger partial charge in [0, 0.05) is 71.7 Å². The Balaban J connectivity index is 1.22. The van der Waals surface area contributed by atoms with Gasteiger partial charge in [-0.25, -0.2) is 4.39 Å². The van der Waals surface area contributed by atoms with Gasteiger partial charge in [-0.1, -0.05) is 12.1 Å². The highest BCUT2D eigenvalue weighted by molar-refractivity contribution is 5.84. The molecule has 0 N–H and O–H groups in total. The van der Waals surface area contributed by atoms with Gasteiger partial charge in [0.25, 0.3) is 0 Å². The summed E-state index contributed by atoms with van der Waals surface area (Å²) in [4.78, 5) is 45.1. The van der Waals surface area contributed by atoms with Crippen molar-refractivity contribution in [2.75, 3.05) is 52.4 Å². The molecular weight excluding hydrogens is 411 g/mol. The molecule has 1 aromatic carbocycles. The lowest BCUT2D eigenvalue weighted by Crippen LogP contribution is -2.53. The van der Waals surface area contributed by atoms with E-state index in [9.17, 15) is 18.8 Å². The third-order valence-electron chi connectivity index (χ3n) is 6.86. The van der Waals surface area contributed by atoms with E-state index in [-0.39, 0.29) is 29.5 Å². The number of hydrogen-bond donors (Lipinski definition) is 0. The summed E-state index contributed by atoms with van der Waals surface area (Å²) in [5, 5.41) is 0. The molecule has 174 valence electrons. The number of carbonyl (C=O) groups is 3. The molecule has 3 saturated heterocycles. The summed E-state index contributed by atoms with van der Waals surface area (Å²) >= 11 is 0. The van der Waals surface area contributed by atoms with Crippen LogP contribution in [-0.2, 0) is 20.9 Å². The molecule has 7 nitrogen and oxygen atoms in total. The normalized spacial score (nSPS) is 22.7. The lowest BCUT2D eigenvalue weighted by molar-refractivity contribution is -0.144. The van der Waals surface area contributed by atoms with E-state index in [0.29, 0.717) is 58.5 Å². The predicted molar refractivity (Wildman–Crippen MR) is 118 cm³/mol. The lowest BCUT2D eigenvalue weighted by atomic mass is 9.95. The largest absolute Gasteiger partial charge is 0.343 e. The third-order valence-corrected chi connectivity index (χ3v) is 6.86. The van der Waals surface area contributed by atoms with Gasteiger partial charge in [0.1, 0.15) is 5.82 Å². The van der Waals surface area contributed by atoms with Crippen LogP contribution in [0.15, 0.2) is 24.3 Å². The molecular formula is C24H33FN4O3. The topological polar surface area (TPSA) is 64.2 Å². The van der Waals surface area contributed by atoms with Crippen LogP contribution in [0, 0.1) is 11.7 Å². The minimum absolute atomic E-state index is 0.113. The van der Waals surface area contributed by atoms with Crippen molar-refractivity contribution in [2.24, 2.45) is 5.92 Å². The van der Waals surface area contributed by atoms with Crippen LogP contribution in [0.25, 0.3) is 0 Å². The molecule has 3 fully saturated rings. The second kappa shape index (κ2) is 10.4. The molecule has 0 bridgehead atoms. The number of halogens is 1. The number of nitrogens with zero attached hydrogens (tertiary/aromatic N) is 4. The molecule has 3 heterocycles. The average Bonchev–Trinajstić information content (AvgIpc) is 3.20. The second-order valence-electron chi connectivity index (χ2n) is 9.14. The molecule has 32 heavy (non-hydrogen) atoms. The number of benzene rings is 1. The highest BCUT2D eigenvalue weighted by atomic mass is 19.1. The standard InChI is InChI=1S/C24H33FN4O3/c25-21-5-1-4-19(16-21)17-26-12-14-28(15-13-26)24(32)20-7-8-23(31)29(18-20)11-3-10-27-9-2-6-22(27)30/h1,4-5,16,20H,2-3,6-15,17-18H2. The van der Waals surface area contributed by atoms with Crippen molar-refractivity contribution in [3.8, 4) is 0 Å². The smallest absolute Gasteiger partial charge is 0.227 e. The Bertz CT molecular complexity index is 840. The van der Waals surface area contributed by atoms with E-state index in [1.54, 1.807) is 12.1 Å². The molecule has 4 rings (SSSR count). The second-order valence-corrected chi connectivity index (χ2v) is 9.14. The van der Waals surface area contributed by atoms with Crippen LogP contribution < -0.4 is 0 Å². The van der Waals surface area contributed by atoms with Crippen molar-refractivity contribution in [1.82, 2.24) is 19.6 Å². The monoisotopic (exact) mass is 444 g/mol. The first-order chi connectivity index (χ1) is 15.5. The van der Waals surface area contributed by atoms with Crippen molar-refractivity contribution in [3.63, 3.8) is 0 Å². The Morgan fingerprint density at radius 1 is 0.969 bits per heavy atom. The third kappa shape index (κ3) is 5.65. The van der Waals surface area contributed by atoms with Crippen LogP contribution in [0.2, 0.25) is 0 Å². The Hall–Kier alpha value is -2.48. The van der Waals surface area contributed by atoms with Crippen molar-refractivity contribution < 1.29 is 18.8 Å². The van der Waals surface area contributed by atoms with Gasteiger partial charge < -0.3 is 14.7 Å². The molecule has 0 aliphatic carbocycles. The fourth-order valence-electron chi connectivity index (χ4n) is 5.00. The molecule has 0 radical (unpaired) electrons. The van der Waals surface area contributed by atoms with Gasteiger partial charge in [-0.05, 0) is 37.0 Å². The van der Waals surface area contributed by atoms with Crippen LogP contribution in [-0.4, -0.2) is 89.7 Å². The first kappa shape index (κ1) is 22.7. The van der Waals surface area contributed by atoms with Crippen molar-refractivity contribution in [2.45, 2.75) is 38.6 Å². The molecule has 1 atom stereocenters. The van der Waals surface area contributed by atoms with Gasteiger partial charge >= 0.3 is 0 Å². The van der Waals surface area contributed by atoms with E-state index in [0.717, 1.165) is 38.0 Å². The highest BCUT2D eigenvalue weighted by Gasteiger charge is 2.34. The van der Waals surface area contributed by atoms with E-state index in [1.807, 2.05) is 20.8 Å². The van der Waals surface area contributed by atoms with Crippen molar-refractivity contribution in [3.05, 3.63) is 35.6 Å². The van der Waals surface area contributed by atoms with Gasteiger partial charge in [0.15, 0.2) is 0 Å². The van der Waals surface area contributed by atoms with E-state index in [1.165, 1.54) is 6.07 Å². The van der Waals surface area contributed by atoms with Gasteiger partial charge in [-0.15, -0.1) is 0 Å². The van der Waals surface area contributed by atoms with Crippen molar-refractivity contribution >= 4 is 17.7 Å². The summed E-state index contributed by atoms with van der Waals surface area (Å²) in [6, 6.07) is 6.66. The minimum Gasteiger partial charge on any atom is -0.343 e. The summed E-state index contributed by atoms with van der Waals surface area (Å²) in [7, 11) is 0. The Labute approximate surface area is 189 Å². The molecule has 8 heteroatoms. The van der Waals surface area contributed by atoms with Crippen LogP contribution in [0.1, 0.15) is 37.7 Å². The fourth-order valence-corrected chi connectivity index (χ4v) is 5.00. The molecule has 3 aliphatic heterocycles. The molecule has 1 unspecified atom stereocenters. The van der Waals surface area contributed by atoms with Gasteiger partial charge in [-0.2, -0.15) is 0 Å². The first-order valence-electron chi connectivity index (χ1n) is 11.8. The number of carbonyl (C=O) groups excluding carboxylic acids is 3. The molecule has 0 aromatic heterocycles. The summed E-state index contributed by atoms with van der Waals surface area (Å²) in [5.74, 6) is 0.0968. The van der Waals surface area contributed by atoms with Crippen LogP contribution in [0.5, 0.6) is 0 Å². The number of rotatable bonds is 7. The average molecular weight is 445 g/mol. The number of piperidine rings is 1. The maximum atomic E-state index is 13.4. The zero-order valence-corrected chi connectivity index (χ0v) is 18.7. The van der Waals surface area contributed by atoms with E-state index < -0.39 is 0 Å². The number of likely N-dealkylation sites (tertiary alicyclic amines) is 2. The SMILES string of the molecule is O=C1CCCN1CCCN1CC(C(=O)N2CCN(Cc3cccc(F)c3)CC2)CCC1=O. The van der Waals surface area contributed by atoms with Crippen molar-refractivity contribution in [1.29, 1.82) is 0 Å². The van der Waals surface area contributed by atoms with Gasteiger partial charge in [0.05, 0.1) is 5.92 Å². The van der Waals surface area contributed by atoms with E-state index in [4.69, 9.17) is 0 Å². The predicted octanol–water partition coefficient (Wildman–Crippen LogP) is 1.72. The molecule has 3 aliphatic rings. The highest BCUT2D eigenvalue weighted by Crippen LogP contribution is 2.22. The fraction of sp³-hybridized carbons (Fsp3) is 0.625. The van der Waals surface area contributed by atoms with Crippen LogP contribution >= 0.6 is 0 Å². The maximum Gasteiger partial charge on any atom is 0.227 e. The van der Waals surface area contributed by atoms with E-state index in [2.05, 4.69) is 4.90 Å². The number of piperazine rings is 1. The molecule has 1 aromatic rings. The minimum atomic E-state index is -0.222. The Kier molecular flexibility index (Phi) is 7.40. The molecule has 3 amide bonds. The van der Waals surface area contributed by atoms with Crippen LogP contribution in [0.4, 0.5) is 4.39 Å². The van der Waals surface area contributed by atoms with Gasteiger partial charge in [0.2, 0.25) is 17.7 Å². The number of hydrogen-bond acceptors (Lipinski definition) is 4. The van der Waals surface area contributed by atoms with Gasteiger partial charge in [-0.3, -0.25) is 19.3 Å². The maximum absolute atomic E-state index is 13.4. The summed E-state index contributed by atoms with van der Waals surface area (Å²) in [6.07, 6.45) is 3.35. The first-order valence-corrected chi connectivity index (χ1v) is 11.8. The summed E-state index contributed by atoms with van der Waals surface area (Å²) in [6.45, 7) is 6.13. The molecule has 0 saturated carbocycles. The zero-order valence-electron chi connectivity index (χ0n) is 18.7. The quantitative estimate of drug-likeness (QED) is 0.643. The van der Waals surface area contributed by atoms with E-state index >= 15 is 0 Å². The zero-order chi connectivity index (χ0) is 22.5. The number of amides is 3. The lowest BCUT2D eigenvalue weighted by Gasteiger charge is -2.39.